The van der Waals surface area contributed by atoms with Gasteiger partial charge in [-0.15, -0.1) is 11.7 Å². The molecule has 6 heteroatoms. The van der Waals surface area contributed by atoms with Gasteiger partial charge in [-0.3, -0.25) is 4.90 Å². The number of hydrogen-bond donors (Lipinski definition) is 1. The van der Waals surface area contributed by atoms with Gasteiger partial charge in [0.05, 0.1) is 0 Å². The van der Waals surface area contributed by atoms with Crippen molar-refractivity contribution in [1.29, 1.82) is 0 Å². The first-order chi connectivity index (χ1) is 4.89. The minimum Gasteiger partial charge on any atom is -0.298 e. The Kier molecular flexibility index (Phi) is 4.65. The molecule has 0 aliphatic carbocycles. The Morgan fingerprint density at radius 1 is 1.45 bits per heavy atom. The number of rotatable bonds is 3. The molecule has 0 saturated heterocycles. The predicted molar refractivity (Wildman–Crippen MR) is 45.0 cm³/mol. The van der Waals surface area contributed by atoms with Crippen LogP contribution >= 0.6 is 22.5 Å². The van der Waals surface area contributed by atoms with Crippen LogP contribution in [0, 0.1) is 0 Å². The van der Waals surface area contributed by atoms with Crippen molar-refractivity contribution in [1.82, 2.24) is 4.90 Å². The second-order valence-corrected chi connectivity index (χ2v) is 3.68. The molecule has 11 heavy (non-hydrogen) atoms. The van der Waals surface area contributed by atoms with Crippen molar-refractivity contribution in [2.75, 3.05) is 19.8 Å². The van der Waals surface area contributed by atoms with Gasteiger partial charge in [-0.05, 0) is 14.1 Å². The van der Waals surface area contributed by atoms with E-state index in [0.29, 0.717) is 0 Å². The van der Waals surface area contributed by atoms with Crippen LogP contribution in [0.2, 0.25) is 0 Å². The first-order valence-electron chi connectivity index (χ1n) is 2.89. The number of halogens is 3. The quantitative estimate of drug-likeness (QED) is 0.555. The van der Waals surface area contributed by atoms with Crippen LogP contribution in [0.25, 0.3) is 0 Å². The summed E-state index contributed by atoms with van der Waals surface area (Å²) in [5.41, 5.74) is 0. The van der Waals surface area contributed by atoms with Gasteiger partial charge in [0.1, 0.15) is 6.04 Å². The molecule has 0 aromatic carbocycles. The molecule has 0 N–H and O–H groups in total. The molecule has 0 aliphatic heterocycles. The minimum atomic E-state index is -4.15. The molecule has 0 rings (SSSR count). The lowest BCUT2D eigenvalue weighted by atomic mass is 10.3. The van der Waals surface area contributed by atoms with Gasteiger partial charge < -0.3 is 0 Å². The number of thiol groups is 1. The van der Waals surface area contributed by atoms with Crippen LogP contribution in [0.1, 0.15) is 0 Å². The first kappa shape index (κ1) is 11.4. The Bertz CT molecular complexity index is 115. The summed E-state index contributed by atoms with van der Waals surface area (Å²) >= 11 is 3.68. The molecular formula is C5H10F3NS2. The predicted octanol–water partition coefficient (Wildman–Crippen LogP) is 2.06. The highest BCUT2D eigenvalue weighted by atomic mass is 33.1. The Morgan fingerprint density at radius 2 is 1.91 bits per heavy atom. The maximum absolute atomic E-state index is 12.1. The highest BCUT2D eigenvalue weighted by Gasteiger charge is 2.40. The minimum absolute atomic E-state index is 0.0421. The second kappa shape index (κ2) is 4.47. The third-order valence-corrected chi connectivity index (χ3v) is 2.15. The fourth-order valence-electron chi connectivity index (χ4n) is 0.607. The van der Waals surface area contributed by atoms with Crippen molar-refractivity contribution in [3.8, 4) is 0 Å². The molecule has 0 spiro atoms. The molecule has 0 heterocycles. The monoisotopic (exact) mass is 205 g/mol. The number of hydrogen-bond acceptors (Lipinski definition) is 3. The van der Waals surface area contributed by atoms with Crippen LogP contribution in [0.3, 0.4) is 0 Å². The number of alkyl halides is 3. The van der Waals surface area contributed by atoms with E-state index in [4.69, 9.17) is 0 Å². The van der Waals surface area contributed by atoms with E-state index >= 15 is 0 Å². The molecule has 68 valence electrons. The summed E-state index contributed by atoms with van der Waals surface area (Å²) in [5.74, 6) is -0.0421. The van der Waals surface area contributed by atoms with E-state index in [1.807, 2.05) is 0 Å². The molecule has 0 radical (unpaired) electrons. The van der Waals surface area contributed by atoms with E-state index in [1.165, 1.54) is 14.1 Å². The molecule has 1 nitrogen and oxygen atoms in total. The maximum atomic E-state index is 12.1. The van der Waals surface area contributed by atoms with E-state index in [0.717, 1.165) is 15.7 Å². The second-order valence-electron chi connectivity index (χ2n) is 2.32. The van der Waals surface area contributed by atoms with Gasteiger partial charge in [0, 0.05) is 5.75 Å². The third kappa shape index (κ3) is 4.12. The van der Waals surface area contributed by atoms with Crippen LogP contribution in [-0.4, -0.2) is 37.0 Å². The molecule has 0 amide bonds. The average molecular weight is 205 g/mol. The van der Waals surface area contributed by atoms with Crippen LogP contribution in [0.4, 0.5) is 13.2 Å². The molecule has 0 aromatic heterocycles. The van der Waals surface area contributed by atoms with E-state index in [1.54, 1.807) is 0 Å². The molecule has 0 bridgehead atoms. The molecular weight excluding hydrogens is 195 g/mol. The first-order valence-corrected chi connectivity index (χ1v) is 4.93. The van der Waals surface area contributed by atoms with Crippen molar-refractivity contribution in [3.05, 3.63) is 0 Å². The molecule has 0 aliphatic rings. The normalized spacial score (nSPS) is 15.5. The van der Waals surface area contributed by atoms with Crippen LogP contribution < -0.4 is 0 Å². The zero-order valence-electron chi connectivity index (χ0n) is 6.22. The highest BCUT2D eigenvalue weighted by Crippen LogP contribution is 2.26. The van der Waals surface area contributed by atoms with Gasteiger partial charge in [-0.1, -0.05) is 10.8 Å². The van der Waals surface area contributed by atoms with Gasteiger partial charge in [0.25, 0.3) is 0 Å². The van der Waals surface area contributed by atoms with Crippen molar-refractivity contribution >= 4 is 22.5 Å². The lowest BCUT2D eigenvalue weighted by Crippen LogP contribution is -2.43. The molecule has 0 saturated carbocycles. The largest absolute Gasteiger partial charge is 0.404 e. The molecule has 1 atom stereocenters. The summed E-state index contributed by atoms with van der Waals surface area (Å²) in [6.07, 6.45) is -4.15. The van der Waals surface area contributed by atoms with Gasteiger partial charge >= 0.3 is 6.18 Å². The summed E-state index contributed by atoms with van der Waals surface area (Å²) in [7, 11) is 3.71. The highest BCUT2D eigenvalue weighted by molar-refractivity contribution is 8.68. The maximum Gasteiger partial charge on any atom is 0.404 e. The van der Waals surface area contributed by atoms with Gasteiger partial charge in [0.2, 0.25) is 0 Å². The Balaban J connectivity index is 4.10. The molecule has 0 fully saturated rings. The van der Waals surface area contributed by atoms with Gasteiger partial charge in [0.15, 0.2) is 0 Å². The van der Waals surface area contributed by atoms with E-state index in [9.17, 15) is 13.2 Å². The van der Waals surface area contributed by atoms with Crippen LogP contribution in [0.15, 0.2) is 0 Å². The fourth-order valence-corrected chi connectivity index (χ4v) is 1.66. The Labute approximate surface area is 73.1 Å². The summed E-state index contributed by atoms with van der Waals surface area (Å²) in [5, 5.41) is 0. The number of nitrogens with zero attached hydrogens (tertiary/aromatic N) is 1. The summed E-state index contributed by atoms with van der Waals surface area (Å²) in [4.78, 5) is 1.14. The molecule has 1 unspecified atom stereocenters. The zero-order chi connectivity index (χ0) is 9.07. The van der Waals surface area contributed by atoms with Crippen molar-refractivity contribution in [2.24, 2.45) is 0 Å². The average Bonchev–Trinajstić information content (AvgIpc) is 1.79. The van der Waals surface area contributed by atoms with E-state index < -0.39 is 12.2 Å². The van der Waals surface area contributed by atoms with Crippen molar-refractivity contribution in [2.45, 2.75) is 12.2 Å². The third-order valence-electron chi connectivity index (χ3n) is 1.23. The van der Waals surface area contributed by atoms with Crippen molar-refractivity contribution in [3.63, 3.8) is 0 Å². The standard InChI is InChI=1S/C5H10F3NS2/c1-9(2)4(3-11-10)5(6,7)8/h4,10H,3H2,1-2H3. The summed E-state index contributed by atoms with van der Waals surface area (Å²) in [6.45, 7) is 0. The van der Waals surface area contributed by atoms with Gasteiger partial charge in [-0.25, -0.2) is 0 Å². The van der Waals surface area contributed by atoms with Crippen LogP contribution in [0.5, 0.6) is 0 Å². The Hall–Kier alpha value is 0.450. The topological polar surface area (TPSA) is 3.24 Å². The van der Waals surface area contributed by atoms with Gasteiger partial charge in [-0.2, -0.15) is 13.2 Å². The summed E-state index contributed by atoms with van der Waals surface area (Å²) in [6, 6.07) is -1.40. The lowest BCUT2D eigenvalue weighted by molar-refractivity contribution is -0.170. The molecule has 0 aromatic rings. The smallest absolute Gasteiger partial charge is 0.298 e. The fraction of sp³-hybridized carbons (Fsp3) is 1.00. The van der Waals surface area contributed by atoms with Crippen LogP contribution in [-0.2, 0) is 0 Å². The Morgan fingerprint density at radius 3 is 2.00 bits per heavy atom. The zero-order valence-corrected chi connectivity index (χ0v) is 7.93. The SMILES string of the molecule is CN(C)C(CSS)C(F)(F)F. The van der Waals surface area contributed by atoms with Crippen molar-refractivity contribution < 1.29 is 13.2 Å². The van der Waals surface area contributed by atoms with E-state index in [-0.39, 0.29) is 5.75 Å². The van der Waals surface area contributed by atoms with E-state index in [2.05, 4.69) is 11.7 Å². The lowest BCUT2D eigenvalue weighted by Gasteiger charge is -2.25. The summed E-state index contributed by atoms with van der Waals surface area (Å²) < 4.78 is 36.2.